The molecule has 0 fully saturated rings. The third-order valence-corrected chi connectivity index (χ3v) is 1.96. The molecule has 1 heteroatoms. The predicted molar refractivity (Wildman–Crippen MR) is 37.2 cm³/mol. The molecule has 0 aromatic carbocycles. The van der Waals surface area contributed by atoms with Crippen LogP contribution in [0.5, 0.6) is 0 Å². The van der Waals surface area contributed by atoms with Crippen LogP contribution in [0.3, 0.4) is 0 Å². The molecule has 0 aromatic heterocycles. The van der Waals surface area contributed by atoms with Crippen molar-refractivity contribution in [1.29, 1.82) is 0 Å². The Balaban J connectivity index is 2.54. The van der Waals surface area contributed by atoms with E-state index in [9.17, 15) is 4.79 Å². The van der Waals surface area contributed by atoms with Gasteiger partial charge >= 0.3 is 0 Å². The summed E-state index contributed by atoms with van der Waals surface area (Å²) < 4.78 is 0. The number of aldehydes is 1. The molecule has 0 radical (unpaired) electrons. The molecule has 1 aliphatic carbocycles. The fourth-order valence-electron chi connectivity index (χ4n) is 1.33. The number of hydrogen-bond acceptors (Lipinski definition) is 1. The highest BCUT2D eigenvalue weighted by molar-refractivity contribution is 5.55. The quantitative estimate of drug-likeness (QED) is 0.407. The summed E-state index contributed by atoms with van der Waals surface area (Å²) in [6, 6.07) is 0. The summed E-state index contributed by atoms with van der Waals surface area (Å²) in [6.45, 7) is 2.13. The summed E-state index contributed by atoms with van der Waals surface area (Å²) in [7, 11) is 0. The first-order valence-corrected chi connectivity index (χ1v) is 3.45. The summed E-state index contributed by atoms with van der Waals surface area (Å²) in [6.07, 6.45) is 5.30. The van der Waals surface area contributed by atoms with Crippen LogP contribution in [0.4, 0.5) is 0 Å². The molecule has 9 heavy (non-hydrogen) atoms. The Morgan fingerprint density at radius 3 is 2.78 bits per heavy atom. The van der Waals surface area contributed by atoms with E-state index in [-0.39, 0.29) is 0 Å². The third-order valence-electron chi connectivity index (χ3n) is 1.96. The van der Waals surface area contributed by atoms with Crippen LogP contribution >= 0.6 is 0 Å². The highest BCUT2D eigenvalue weighted by Gasteiger charge is 2.08. The van der Waals surface area contributed by atoms with Crippen molar-refractivity contribution >= 4 is 6.29 Å². The topological polar surface area (TPSA) is 17.1 Å². The molecule has 0 aliphatic heterocycles. The zero-order valence-electron chi connectivity index (χ0n) is 5.81. The zero-order valence-corrected chi connectivity index (χ0v) is 5.81. The van der Waals surface area contributed by atoms with Crippen molar-refractivity contribution in [2.75, 3.05) is 0 Å². The van der Waals surface area contributed by atoms with Crippen LogP contribution in [0.2, 0.25) is 0 Å². The molecule has 0 heterocycles. The van der Waals surface area contributed by atoms with Gasteiger partial charge in [0.2, 0.25) is 0 Å². The van der Waals surface area contributed by atoms with Crippen LogP contribution in [-0.2, 0) is 4.79 Å². The molecule has 0 amide bonds. The fraction of sp³-hybridized carbons (Fsp3) is 0.625. The minimum Gasteiger partial charge on any atom is -0.303 e. The molecule has 0 unspecified atom stereocenters. The van der Waals surface area contributed by atoms with E-state index in [1.807, 2.05) is 0 Å². The van der Waals surface area contributed by atoms with E-state index >= 15 is 0 Å². The van der Waals surface area contributed by atoms with Crippen molar-refractivity contribution < 1.29 is 4.79 Å². The molecule has 0 spiro atoms. The standard InChI is InChI=1S/C8H12O/c1-7-3-2-4-8(7)5-6-9/h6H,2-5H2,1H3. The van der Waals surface area contributed by atoms with E-state index in [1.54, 1.807) is 0 Å². The van der Waals surface area contributed by atoms with Gasteiger partial charge in [-0.05, 0) is 26.2 Å². The molecule has 0 aromatic rings. The van der Waals surface area contributed by atoms with E-state index in [0.29, 0.717) is 6.42 Å². The van der Waals surface area contributed by atoms with Crippen LogP contribution < -0.4 is 0 Å². The summed E-state index contributed by atoms with van der Waals surface area (Å²) in [5.41, 5.74) is 2.83. The Morgan fingerprint density at radius 2 is 2.33 bits per heavy atom. The number of allylic oxidation sites excluding steroid dienone is 2. The second-order valence-corrected chi connectivity index (χ2v) is 2.61. The van der Waals surface area contributed by atoms with Crippen molar-refractivity contribution in [3.05, 3.63) is 11.1 Å². The molecule has 0 saturated heterocycles. The van der Waals surface area contributed by atoms with E-state index in [2.05, 4.69) is 6.92 Å². The van der Waals surface area contributed by atoms with E-state index in [0.717, 1.165) is 12.7 Å². The Bertz CT molecular complexity index is 145. The van der Waals surface area contributed by atoms with E-state index < -0.39 is 0 Å². The SMILES string of the molecule is CC1=C(CC=O)CCC1. The average molecular weight is 124 g/mol. The van der Waals surface area contributed by atoms with Crippen LogP contribution in [0.15, 0.2) is 11.1 Å². The number of carbonyl (C=O) groups is 1. The fourth-order valence-corrected chi connectivity index (χ4v) is 1.33. The molecule has 1 aliphatic rings. The highest BCUT2D eigenvalue weighted by Crippen LogP contribution is 2.26. The molecule has 0 atom stereocenters. The van der Waals surface area contributed by atoms with Gasteiger partial charge in [0.05, 0.1) is 0 Å². The predicted octanol–water partition coefficient (Wildman–Crippen LogP) is 2.08. The lowest BCUT2D eigenvalue weighted by molar-refractivity contribution is -0.107. The lowest BCUT2D eigenvalue weighted by Gasteiger charge is -1.93. The normalized spacial score (nSPS) is 18.8. The summed E-state index contributed by atoms with van der Waals surface area (Å²) in [5.74, 6) is 0. The monoisotopic (exact) mass is 124 g/mol. The zero-order chi connectivity index (χ0) is 6.69. The second-order valence-electron chi connectivity index (χ2n) is 2.61. The maximum atomic E-state index is 10.1. The van der Waals surface area contributed by atoms with Crippen molar-refractivity contribution in [3.63, 3.8) is 0 Å². The minimum atomic E-state index is 0.672. The second kappa shape index (κ2) is 2.81. The van der Waals surface area contributed by atoms with Crippen LogP contribution in [-0.4, -0.2) is 6.29 Å². The first-order valence-electron chi connectivity index (χ1n) is 3.45. The molecule has 0 N–H and O–H groups in total. The van der Waals surface area contributed by atoms with Gasteiger partial charge in [0.15, 0.2) is 0 Å². The Morgan fingerprint density at radius 1 is 1.56 bits per heavy atom. The van der Waals surface area contributed by atoms with Gasteiger partial charge in [-0.2, -0.15) is 0 Å². The highest BCUT2D eigenvalue weighted by atomic mass is 16.1. The van der Waals surface area contributed by atoms with Gasteiger partial charge in [0.25, 0.3) is 0 Å². The van der Waals surface area contributed by atoms with Crippen molar-refractivity contribution in [2.45, 2.75) is 32.6 Å². The molecular weight excluding hydrogens is 112 g/mol. The number of hydrogen-bond donors (Lipinski definition) is 0. The summed E-state index contributed by atoms with van der Waals surface area (Å²) in [4.78, 5) is 10.1. The van der Waals surface area contributed by atoms with Gasteiger partial charge < -0.3 is 4.79 Å². The largest absolute Gasteiger partial charge is 0.303 e. The Kier molecular flexibility index (Phi) is 2.04. The maximum absolute atomic E-state index is 10.1. The van der Waals surface area contributed by atoms with Gasteiger partial charge in [-0.25, -0.2) is 0 Å². The number of rotatable bonds is 2. The van der Waals surface area contributed by atoms with Gasteiger partial charge in [-0.15, -0.1) is 0 Å². The molecule has 1 nitrogen and oxygen atoms in total. The van der Waals surface area contributed by atoms with Crippen molar-refractivity contribution in [1.82, 2.24) is 0 Å². The van der Waals surface area contributed by atoms with Crippen LogP contribution in [0, 0.1) is 0 Å². The van der Waals surface area contributed by atoms with Gasteiger partial charge in [0, 0.05) is 6.42 Å². The molecule has 0 bridgehead atoms. The minimum absolute atomic E-state index is 0.672. The Hall–Kier alpha value is -0.590. The van der Waals surface area contributed by atoms with E-state index in [1.165, 1.54) is 24.0 Å². The summed E-state index contributed by atoms with van der Waals surface area (Å²) in [5, 5.41) is 0. The first-order chi connectivity index (χ1) is 4.34. The van der Waals surface area contributed by atoms with Crippen LogP contribution in [0.1, 0.15) is 32.6 Å². The average Bonchev–Trinajstić information content (AvgIpc) is 2.18. The van der Waals surface area contributed by atoms with Gasteiger partial charge in [0.1, 0.15) is 6.29 Å². The smallest absolute Gasteiger partial charge is 0.124 e. The summed E-state index contributed by atoms with van der Waals surface area (Å²) >= 11 is 0. The van der Waals surface area contributed by atoms with Gasteiger partial charge in [-0.3, -0.25) is 0 Å². The molecule has 1 rings (SSSR count). The molecular formula is C8H12O. The first kappa shape index (κ1) is 6.53. The number of carbonyl (C=O) groups excluding carboxylic acids is 1. The van der Waals surface area contributed by atoms with Crippen LogP contribution in [0.25, 0.3) is 0 Å². The third kappa shape index (κ3) is 1.41. The molecule has 0 saturated carbocycles. The maximum Gasteiger partial charge on any atom is 0.124 e. The lowest BCUT2D eigenvalue weighted by atomic mass is 10.1. The van der Waals surface area contributed by atoms with Gasteiger partial charge in [-0.1, -0.05) is 11.1 Å². The molecule has 50 valence electrons. The lowest BCUT2D eigenvalue weighted by Crippen LogP contribution is -1.80. The van der Waals surface area contributed by atoms with Crippen molar-refractivity contribution in [3.8, 4) is 0 Å². The Labute approximate surface area is 55.8 Å². The van der Waals surface area contributed by atoms with E-state index in [4.69, 9.17) is 0 Å². The van der Waals surface area contributed by atoms with Crippen molar-refractivity contribution in [2.24, 2.45) is 0 Å².